The first-order chi connectivity index (χ1) is 12.2. The average molecular weight is 342 g/mol. The molecule has 0 bridgehead atoms. The maximum Gasteiger partial charge on any atom is 0.165 e. The number of para-hydroxylation sites is 1. The fourth-order valence-electron chi connectivity index (χ4n) is 3.69. The van der Waals surface area contributed by atoms with Gasteiger partial charge in [0.15, 0.2) is 11.5 Å². The van der Waals surface area contributed by atoms with Gasteiger partial charge >= 0.3 is 0 Å². The third-order valence-corrected chi connectivity index (χ3v) is 4.99. The molecule has 4 rings (SSSR count). The highest BCUT2D eigenvalue weighted by Crippen LogP contribution is 2.33. The Hall–Kier alpha value is -2.08. The van der Waals surface area contributed by atoms with Crippen LogP contribution in [-0.4, -0.2) is 34.5 Å². The molecule has 0 aliphatic carbocycles. The molecule has 0 saturated heterocycles. The third kappa shape index (κ3) is 3.35. The first kappa shape index (κ1) is 16.4. The van der Waals surface area contributed by atoms with Gasteiger partial charge in [-0.25, -0.2) is 0 Å². The summed E-state index contributed by atoms with van der Waals surface area (Å²) in [6.45, 7) is 8.41. The Bertz CT molecular complexity index is 741. The van der Waals surface area contributed by atoms with Gasteiger partial charge in [0.1, 0.15) is 24.9 Å². The lowest BCUT2D eigenvalue weighted by atomic mass is 9.98. The summed E-state index contributed by atoms with van der Waals surface area (Å²) in [5.74, 6) is 5.04. The first-order valence-corrected chi connectivity index (χ1v) is 9.22. The summed E-state index contributed by atoms with van der Waals surface area (Å²) in [5, 5.41) is 12.3. The molecule has 2 aromatic rings. The molecular formula is C19H26N4O2. The van der Waals surface area contributed by atoms with Crippen molar-refractivity contribution in [3.63, 3.8) is 0 Å². The van der Waals surface area contributed by atoms with E-state index >= 15 is 0 Å². The summed E-state index contributed by atoms with van der Waals surface area (Å²) in [4.78, 5) is 0. The number of rotatable bonds is 5. The van der Waals surface area contributed by atoms with Gasteiger partial charge in [-0.15, -0.1) is 10.2 Å². The Kier molecular flexibility index (Phi) is 4.61. The van der Waals surface area contributed by atoms with E-state index < -0.39 is 0 Å². The minimum Gasteiger partial charge on any atom is -0.486 e. The zero-order valence-electron chi connectivity index (χ0n) is 15.0. The fraction of sp³-hybridized carbons (Fsp3) is 0.579. The lowest BCUT2D eigenvalue weighted by Gasteiger charge is -2.26. The fourth-order valence-corrected chi connectivity index (χ4v) is 3.69. The molecule has 0 spiro atoms. The molecule has 25 heavy (non-hydrogen) atoms. The highest BCUT2D eigenvalue weighted by Gasteiger charge is 2.24. The average Bonchev–Trinajstić information content (AvgIpc) is 3.05. The van der Waals surface area contributed by atoms with E-state index in [1.165, 1.54) is 5.56 Å². The van der Waals surface area contributed by atoms with E-state index in [0.717, 1.165) is 55.6 Å². The van der Waals surface area contributed by atoms with Crippen LogP contribution in [0.5, 0.6) is 11.5 Å². The van der Waals surface area contributed by atoms with Crippen molar-refractivity contribution in [1.82, 2.24) is 20.1 Å². The van der Waals surface area contributed by atoms with Gasteiger partial charge in [-0.05, 0) is 24.9 Å². The number of nitrogens with one attached hydrogen (secondary N) is 1. The van der Waals surface area contributed by atoms with Crippen molar-refractivity contribution in [3.8, 4) is 11.5 Å². The van der Waals surface area contributed by atoms with E-state index in [1.54, 1.807) is 0 Å². The summed E-state index contributed by atoms with van der Waals surface area (Å²) in [7, 11) is 0. The number of benzene rings is 1. The quantitative estimate of drug-likeness (QED) is 0.905. The van der Waals surface area contributed by atoms with Crippen molar-refractivity contribution < 1.29 is 9.47 Å². The lowest BCUT2D eigenvalue weighted by molar-refractivity contribution is 0.169. The molecule has 1 aromatic heterocycles. The normalized spacial score (nSPS) is 19.1. The van der Waals surface area contributed by atoms with Gasteiger partial charge in [0.2, 0.25) is 0 Å². The van der Waals surface area contributed by atoms with Crippen molar-refractivity contribution in [2.45, 2.75) is 45.7 Å². The Morgan fingerprint density at radius 3 is 3.00 bits per heavy atom. The summed E-state index contributed by atoms with van der Waals surface area (Å²) in [6.07, 6.45) is 2.18. The number of aryl methyl sites for hydroxylation is 1. The second-order valence-electron chi connectivity index (χ2n) is 7.22. The predicted molar refractivity (Wildman–Crippen MR) is 95.1 cm³/mol. The number of aromatic nitrogens is 3. The van der Waals surface area contributed by atoms with E-state index in [9.17, 15) is 0 Å². The summed E-state index contributed by atoms with van der Waals surface area (Å²) < 4.78 is 13.8. The molecule has 0 amide bonds. The molecule has 6 nitrogen and oxygen atoms in total. The smallest absolute Gasteiger partial charge is 0.165 e. The van der Waals surface area contributed by atoms with Gasteiger partial charge in [-0.3, -0.25) is 0 Å². The molecule has 1 N–H and O–H groups in total. The molecule has 0 fully saturated rings. The van der Waals surface area contributed by atoms with Crippen molar-refractivity contribution >= 4 is 0 Å². The van der Waals surface area contributed by atoms with Crippen molar-refractivity contribution in [2.24, 2.45) is 5.92 Å². The Morgan fingerprint density at radius 2 is 2.12 bits per heavy atom. The maximum absolute atomic E-state index is 5.79. The van der Waals surface area contributed by atoms with Crippen LogP contribution in [-0.2, 0) is 19.5 Å². The first-order valence-electron chi connectivity index (χ1n) is 9.22. The molecule has 1 atom stereocenters. The highest BCUT2D eigenvalue weighted by molar-refractivity contribution is 5.47. The monoisotopic (exact) mass is 342 g/mol. The minimum absolute atomic E-state index is 0.418. The Morgan fingerprint density at radius 1 is 1.24 bits per heavy atom. The van der Waals surface area contributed by atoms with E-state index in [4.69, 9.17) is 9.47 Å². The van der Waals surface area contributed by atoms with Crippen LogP contribution in [0.25, 0.3) is 0 Å². The molecular weight excluding hydrogens is 316 g/mol. The van der Waals surface area contributed by atoms with Crippen LogP contribution in [0.3, 0.4) is 0 Å². The van der Waals surface area contributed by atoms with Gasteiger partial charge in [0, 0.05) is 31.0 Å². The van der Waals surface area contributed by atoms with Gasteiger partial charge in [-0.1, -0.05) is 26.0 Å². The minimum atomic E-state index is 0.418. The Labute approximate surface area is 148 Å². The number of fused-ring (bicyclic) bond motifs is 2. The highest BCUT2D eigenvalue weighted by atomic mass is 16.6. The summed E-state index contributed by atoms with van der Waals surface area (Å²) >= 11 is 0. The zero-order chi connectivity index (χ0) is 17.2. The van der Waals surface area contributed by atoms with E-state index in [-0.39, 0.29) is 0 Å². The number of hydrogen-bond acceptors (Lipinski definition) is 5. The number of hydrogen-bond donors (Lipinski definition) is 1. The Balaban J connectivity index is 1.36. The van der Waals surface area contributed by atoms with Crippen LogP contribution in [0.15, 0.2) is 18.2 Å². The van der Waals surface area contributed by atoms with Crippen LogP contribution in [0.4, 0.5) is 0 Å². The van der Waals surface area contributed by atoms with Crippen molar-refractivity contribution in [1.29, 1.82) is 0 Å². The topological polar surface area (TPSA) is 61.2 Å². The summed E-state index contributed by atoms with van der Waals surface area (Å²) in [6, 6.07) is 6.11. The van der Waals surface area contributed by atoms with Crippen molar-refractivity contribution in [2.75, 3.05) is 19.8 Å². The number of ether oxygens (including phenoxy) is 2. The van der Waals surface area contributed by atoms with E-state index in [2.05, 4.69) is 40.0 Å². The van der Waals surface area contributed by atoms with Crippen molar-refractivity contribution in [3.05, 3.63) is 35.4 Å². The van der Waals surface area contributed by atoms with E-state index in [1.807, 2.05) is 12.1 Å². The van der Waals surface area contributed by atoms with Gasteiger partial charge in [-0.2, -0.15) is 0 Å². The summed E-state index contributed by atoms with van der Waals surface area (Å²) in [5.41, 5.74) is 1.17. The van der Waals surface area contributed by atoms with Crippen LogP contribution < -0.4 is 14.8 Å². The number of nitrogens with zero attached hydrogens (tertiary/aromatic N) is 3. The van der Waals surface area contributed by atoms with Crippen LogP contribution in [0.1, 0.15) is 43.4 Å². The molecule has 3 heterocycles. The third-order valence-electron chi connectivity index (χ3n) is 4.99. The van der Waals surface area contributed by atoms with Crippen LogP contribution in [0, 0.1) is 5.92 Å². The lowest BCUT2D eigenvalue weighted by Crippen LogP contribution is -2.31. The molecule has 0 saturated carbocycles. The molecule has 2 aliphatic heterocycles. The molecule has 1 aromatic carbocycles. The van der Waals surface area contributed by atoms with Gasteiger partial charge < -0.3 is 19.4 Å². The zero-order valence-corrected chi connectivity index (χ0v) is 15.0. The predicted octanol–water partition coefficient (Wildman–Crippen LogP) is 2.52. The maximum atomic E-state index is 5.79. The SMILES string of the molecule is CC(C)c1nnc2n1CC(CNCc1cccc3c1OCCO3)CC2. The van der Waals surface area contributed by atoms with Crippen LogP contribution in [0.2, 0.25) is 0 Å². The van der Waals surface area contributed by atoms with Gasteiger partial charge in [0.25, 0.3) is 0 Å². The van der Waals surface area contributed by atoms with E-state index in [0.29, 0.717) is 25.0 Å². The molecule has 2 aliphatic rings. The molecule has 0 radical (unpaired) electrons. The standard InChI is InChI=1S/C19H26N4O2/c1-13(2)19-22-21-17-7-6-14(12-23(17)19)10-20-11-15-4-3-5-16-18(15)25-9-8-24-16/h3-5,13-14,20H,6-12H2,1-2H3. The molecule has 6 heteroatoms. The molecule has 1 unspecified atom stereocenters. The molecule has 134 valence electrons. The second-order valence-corrected chi connectivity index (χ2v) is 7.22. The second kappa shape index (κ2) is 7.04. The largest absolute Gasteiger partial charge is 0.486 e. The van der Waals surface area contributed by atoms with Gasteiger partial charge in [0.05, 0.1) is 0 Å². The van der Waals surface area contributed by atoms with Crippen LogP contribution >= 0.6 is 0 Å².